The third-order valence-corrected chi connectivity index (χ3v) is 6.02. The first-order valence-electron chi connectivity index (χ1n) is 11.1. The summed E-state index contributed by atoms with van der Waals surface area (Å²) in [6.45, 7) is 6.13. The predicted octanol–water partition coefficient (Wildman–Crippen LogP) is 2.71. The lowest BCUT2D eigenvalue weighted by Crippen LogP contribution is -2.25. The average molecular weight is 476 g/mol. The predicted molar refractivity (Wildman–Crippen MR) is 132 cm³/mol. The summed E-state index contributed by atoms with van der Waals surface area (Å²) in [6, 6.07) is 7.04. The second-order valence-corrected chi connectivity index (χ2v) is 8.46. The maximum absolute atomic E-state index is 14.6. The summed E-state index contributed by atoms with van der Waals surface area (Å²) in [4.78, 5) is 15.8. The van der Waals surface area contributed by atoms with Crippen LogP contribution in [0.25, 0.3) is 16.8 Å². The molecule has 5 rings (SSSR count). The van der Waals surface area contributed by atoms with E-state index in [0.29, 0.717) is 41.5 Å². The Morgan fingerprint density at radius 1 is 1.23 bits per heavy atom. The van der Waals surface area contributed by atoms with E-state index in [9.17, 15) is 4.39 Å². The van der Waals surface area contributed by atoms with Gasteiger partial charge < -0.3 is 9.64 Å². The number of rotatable bonds is 6. The zero-order valence-corrected chi connectivity index (χ0v) is 20.1. The minimum absolute atomic E-state index is 0.144. The van der Waals surface area contributed by atoms with Crippen LogP contribution in [0.4, 0.5) is 16.0 Å². The second kappa shape index (κ2) is 8.82. The maximum Gasteiger partial charge on any atom is 0.226 e. The van der Waals surface area contributed by atoms with Gasteiger partial charge in [-0.3, -0.25) is 9.99 Å². The van der Waals surface area contributed by atoms with Crippen LogP contribution in [0.3, 0.4) is 0 Å². The van der Waals surface area contributed by atoms with E-state index in [1.807, 2.05) is 45.1 Å². The maximum atomic E-state index is 14.6. The Balaban J connectivity index is 1.63. The van der Waals surface area contributed by atoms with Crippen molar-refractivity contribution in [2.24, 2.45) is 17.1 Å². The standard InChI is InChI=1S/C24H26FN9O/c1-14-29-22-16(6-9-21(32(3)4)34(22)31-14)18-13-28-24(33(5)23(18)30-26-2)27-12-17-15-10-11-35-20(15)8-7-19(17)25/h6-9,13,30H,2,10-12H2,1,3-5H3. The fourth-order valence-corrected chi connectivity index (χ4v) is 4.34. The summed E-state index contributed by atoms with van der Waals surface area (Å²) in [7, 11) is 5.72. The van der Waals surface area contributed by atoms with Crippen molar-refractivity contribution in [3.05, 3.63) is 58.8 Å². The molecule has 0 fully saturated rings. The van der Waals surface area contributed by atoms with Gasteiger partial charge in [0.25, 0.3) is 0 Å². The number of anilines is 2. The van der Waals surface area contributed by atoms with Gasteiger partial charge in [-0.1, -0.05) is 0 Å². The highest BCUT2D eigenvalue weighted by Gasteiger charge is 2.20. The molecule has 0 saturated heterocycles. The van der Waals surface area contributed by atoms with Gasteiger partial charge in [0.1, 0.15) is 29.0 Å². The number of aryl methyl sites for hydroxylation is 1. The third kappa shape index (κ3) is 3.88. The second-order valence-electron chi connectivity index (χ2n) is 8.46. The summed E-state index contributed by atoms with van der Waals surface area (Å²) in [6.07, 6.45) is 2.37. The van der Waals surface area contributed by atoms with Crippen molar-refractivity contribution in [2.75, 3.05) is 31.0 Å². The van der Waals surface area contributed by atoms with E-state index in [2.05, 4.69) is 37.3 Å². The first-order chi connectivity index (χ1) is 16.9. The molecule has 1 aromatic carbocycles. The summed E-state index contributed by atoms with van der Waals surface area (Å²) in [5, 5.41) is 8.44. The van der Waals surface area contributed by atoms with Gasteiger partial charge in [-0.2, -0.15) is 9.62 Å². The molecule has 180 valence electrons. The van der Waals surface area contributed by atoms with E-state index in [4.69, 9.17) is 4.74 Å². The zero-order chi connectivity index (χ0) is 24.7. The monoisotopic (exact) mass is 475 g/mol. The van der Waals surface area contributed by atoms with E-state index >= 15 is 0 Å². The lowest BCUT2D eigenvalue weighted by molar-refractivity contribution is 0.356. The summed E-state index contributed by atoms with van der Waals surface area (Å²) >= 11 is 0. The molecule has 0 bridgehead atoms. The molecule has 4 aromatic rings. The van der Waals surface area contributed by atoms with Crippen LogP contribution < -0.4 is 20.7 Å². The number of nitrogens with one attached hydrogen (secondary N) is 1. The Hall–Kier alpha value is -4.28. The molecule has 3 aromatic heterocycles. The third-order valence-electron chi connectivity index (χ3n) is 6.02. The van der Waals surface area contributed by atoms with Crippen molar-refractivity contribution in [3.8, 4) is 16.9 Å². The average Bonchev–Trinajstić information content (AvgIpc) is 3.46. The number of hydrogen-bond acceptors (Lipinski definition) is 8. The van der Waals surface area contributed by atoms with E-state index in [0.717, 1.165) is 28.3 Å². The van der Waals surface area contributed by atoms with Gasteiger partial charge >= 0.3 is 0 Å². The van der Waals surface area contributed by atoms with Gasteiger partial charge in [0, 0.05) is 62.7 Å². The van der Waals surface area contributed by atoms with Gasteiger partial charge in [-0.15, -0.1) is 5.10 Å². The molecule has 0 unspecified atom stereocenters. The molecule has 1 N–H and O–H groups in total. The van der Waals surface area contributed by atoms with Crippen LogP contribution in [0.1, 0.15) is 17.0 Å². The van der Waals surface area contributed by atoms with Gasteiger partial charge in [-0.05, 0) is 31.2 Å². The molecular weight excluding hydrogens is 449 g/mol. The number of benzene rings is 1. The molecule has 1 aliphatic heterocycles. The Bertz CT molecular complexity index is 1520. The number of ether oxygens (including phenoxy) is 1. The quantitative estimate of drug-likeness (QED) is 0.340. The molecule has 0 saturated carbocycles. The van der Waals surface area contributed by atoms with Gasteiger partial charge in [-0.25, -0.2) is 19.4 Å². The highest BCUT2D eigenvalue weighted by Crippen LogP contribution is 2.32. The molecule has 10 nitrogen and oxygen atoms in total. The van der Waals surface area contributed by atoms with Crippen LogP contribution in [0.5, 0.6) is 5.75 Å². The lowest BCUT2D eigenvalue weighted by Gasteiger charge is -2.17. The number of fused-ring (bicyclic) bond motifs is 2. The molecule has 0 spiro atoms. The van der Waals surface area contributed by atoms with Crippen LogP contribution in [0, 0.1) is 12.7 Å². The summed E-state index contributed by atoms with van der Waals surface area (Å²) in [5.41, 5.74) is 7.03. The highest BCUT2D eigenvalue weighted by molar-refractivity contribution is 5.85. The van der Waals surface area contributed by atoms with Crippen LogP contribution >= 0.6 is 0 Å². The SMILES string of the molecule is C=NNc1c(-c2ccc(N(C)C)n3nc(C)nc23)cnc(=NCc2c(F)ccc3c2CCO3)n1C. The minimum Gasteiger partial charge on any atom is -0.493 e. The van der Waals surface area contributed by atoms with Crippen LogP contribution in [0.2, 0.25) is 0 Å². The van der Waals surface area contributed by atoms with E-state index in [1.165, 1.54) is 6.07 Å². The highest BCUT2D eigenvalue weighted by atomic mass is 19.1. The molecular formula is C24H26FN9O. The Labute approximate surface area is 201 Å². The number of halogens is 1. The smallest absolute Gasteiger partial charge is 0.226 e. The van der Waals surface area contributed by atoms with Crippen LogP contribution in [-0.4, -0.2) is 51.6 Å². The number of nitrogens with zero attached hydrogens (tertiary/aromatic N) is 8. The van der Waals surface area contributed by atoms with Gasteiger partial charge in [0.15, 0.2) is 5.65 Å². The van der Waals surface area contributed by atoms with Crippen molar-refractivity contribution < 1.29 is 9.13 Å². The molecule has 0 aliphatic carbocycles. The van der Waals surface area contributed by atoms with Crippen molar-refractivity contribution >= 4 is 24.0 Å². The fourth-order valence-electron chi connectivity index (χ4n) is 4.34. The molecule has 0 atom stereocenters. The van der Waals surface area contributed by atoms with E-state index < -0.39 is 0 Å². The number of pyridine rings is 1. The largest absolute Gasteiger partial charge is 0.493 e. The van der Waals surface area contributed by atoms with Gasteiger partial charge in [0.05, 0.1) is 13.2 Å². The molecule has 35 heavy (non-hydrogen) atoms. The van der Waals surface area contributed by atoms with Crippen molar-refractivity contribution in [1.82, 2.24) is 24.1 Å². The van der Waals surface area contributed by atoms with Crippen molar-refractivity contribution in [3.63, 3.8) is 0 Å². The minimum atomic E-state index is -0.297. The zero-order valence-electron chi connectivity index (χ0n) is 20.1. The first-order valence-corrected chi connectivity index (χ1v) is 11.1. The summed E-state index contributed by atoms with van der Waals surface area (Å²) < 4.78 is 23.7. The Morgan fingerprint density at radius 3 is 2.83 bits per heavy atom. The normalized spacial score (nSPS) is 13.1. The number of hydrogen-bond donors (Lipinski definition) is 1. The Kier molecular flexibility index (Phi) is 5.67. The van der Waals surface area contributed by atoms with Crippen LogP contribution in [-0.2, 0) is 20.0 Å². The first kappa shape index (κ1) is 22.5. The number of hydrazone groups is 1. The molecule has 4 heterocycles. The van der Waals surface area contributed by atoms with Crippen molar-refractivity contribution in [1.29, 1.82) is 0 Å². The molecule has 11 heteroatoms. The van der Waals surface area contributed by atoms with E-state index in [-0.39, 0.29) is 12.4 Å². The molecule has 1 aliphatic rings. The summed E-state index contributed by atoms with van der Waals surface area (Å²) in [5.74, 6) is 2.59. The van der Waals surface area contributed by atoms with Crippen LogP contribution in [0.15, 0.2) is 40.6 Å². The number of aromatic nitrogens is 5. The van der Waals surface area contributed by atoms with Gasteiger partial charge in [0.2, 0.25) is 5.62 Å². The lowest BCUT2D eigenvalue weighted by atomic mass is 10.0. The molecule has 0 amide bonds. The topological polar surface area (TPSA) is 97.2 Å². The van der Waals surface area contributed by atoms with E-state index in [1.54, 1.807) is 21.3 Å². The van der Waals surface area contributed by atoms with Crippen molar-refractivity contribution in [2.45, 2.75) is 19.9 Å². The molecule has 0 radical (unpaired) electrons. The fraction of sp³-hybridized carbons (Fsp3) is 0.292. The Morgan fingerprint density at radius 2 is 2.06 bits per heavy atom.